The van der Waals surface area contributed by atoms with Crippen molar-refractivity contribution in [2.75, 3.05) is 0 Å². The Labute approximate surface area is 84.7 Å². The van der Waals surface area contributed by atoms with Crippen LogP contribution in [-0.2, 0) is 0 Å². The fourth-order valence-electron chi connectivity index (χ4n) is 1.32. The third-order valence-electron chi connectivity index (χ3n) is 1.98. The molecule has 0 aliphatic heterocycles. The van der Waals surface area contributed by atoms with E-state index in [1.165, 1.54) is 6.42 Å². The van der Waals surface area contributed by atoms with Crippen molar-refractivity contribution in [3.05, 3.63) is 24.3 Å². The first kappa shape index (κ1) is 10.4. The molecule has 0 spiro atoms. The molecular weight excluding hydrogens is 207 g/mol. The molecular formula is C9H14Cl2Si. The molecule has 12 heavy (non-hydrogen) atoms. The fourth-order valence-corrected chi connectivity index (χ4v) is 2.95. The summed E-state index contributed by atoms with van der Waals surface area (Å²) in [5.41, 5.74) is 0. The smallest absolute Gasteiger partial charge is 0.146 e. The zero-order valence-electron chi connectivity index (χ0n) is 7.26. The molecule has 0 radical (unpaired) electrons. The molecule has 0 N–H and O–H groups in total. The average Bonchev–Trinajstić information content (AvgIpc) is 2.36. The second-order valence-corrected chi connectivity index (χ2v) is 11.6. The summed E-state index contributed by atoms with van der Waals surface area (Å²) < 4.78 is 0. The summed E-state index contributed by atoms with van der Waals surface area (Å²) in [6, 6.07) is 1.01. The summed E-state index contributed by atoms with van der Waals surface area (Å²) in [6.45, 7) is 0.150. The molecule has 0 saturated carbocycles. The van der Waals surface area contributed by atoms with E-state index in [0.717, 1.165) is 12.5 Å². The Balaban J connectivity index is 2.10. The van der Waals surface area contributed by atoms with Gasteiger partial charge in [-0.1, -0.05) is 30.7 Å². The van der Waals surface area contributed by atoms with Crippen LogP contribution in [0.2, 0.25) is 12.6 Å². The molecule has 0 aromatic rings. The van der Waals surface area contributed by atoms with Gasteiger partial charge in [0.15, 0.2) is 0 Å². The summed E-state index contributed by atoms with van der Waals surface area (Å²) in [7, 11) is 0. The molecule has 0 fully saturated rings. The molecule has 0 aromatic carbocycles. The van der Waals surface area contributed by atoms with E-state index in [9.17, 15) is 0 Å². The standard InChI is InChI=1S/C9H14Cl2Si/c1-12(10,11)8-4-7-9-5-2-3-6-9/h2-3,5-6,9H,4,7-8H2,1H3. The lowest BCUT2D eigenvalue weighted by molar-refractivity contribution is 0.694. The van der Waals surface area contributed by atoms with Gasteiger partial charge in [0.2, 0.25) is 6.69 Å². The van der Waals surface area contributed by atoms with Crippen molar-refractivity contribution in [1.29, 1.82) is 0 Å². The Morgan fingerprint density at radius 2 is 1.83 bits per heavy atom. The minimum absolute atomic E-state index is 0.634. The number of halogens is 2. The highest BCUT2D eigenvalue weighted by Gasteiger charge is 2.20. The van der Waals surface area contributed by atoms with Gasteiger partial charge in [0.25, 0.3) is 0 Å². The Bertz CT molecular complexity index is 179. The molecule has 0 atom stereocenters. The summed E-state index contributed by atoms with van der Waals surface area (Å²) in [5.74, 6) is 0.634. The molecule has 1 aliphatic rings. The fraction of sp³-hybridized carbons (Fsp3) is 0.556. The molecule has 0 nitrogen and oxygen atoms in total. The molecule has 0 amide bonds. The molecule has 0 aromatic heterocycles. The van der Waals surface area contributed by atoms with Crippen LogP contribution >= 0.6 is 22.2 Å². The van der Waals surface area contributed by atoms with Gasteiger partial charge >= 0.3 is 0 Å². The Kier molecular flexibility index (Phi) is 3.88. The second kappa shape index (κ2) is 4.50. The minimum Gasteiger partial charge on any atom is -0.146 e. The topological polar surface area (TPSA) is 0 Å². The summed E-state index contributed by atoms with van der Waals surface area (Å²) in [6.07, 6.45) is 11.0. The zero-order chi connectivity index (χ0) is 9.03. The van der Waals surface area contributed by atoms with Crippen molar-refractivity contribution in [2.45, 2.75) is 25.4 Å². The van der Waals surface area contributed by atoms with Crippen LogP contribution in [-0.4, -0.2) is 6.69 Å². The van der Waals surface area contributed by atoms with Gasteiger partial charge in [-0.25, -0.2) is 0 Å². The van der Waals surface area contributed by atoms with Crippen LogP contribution in [0.5, 0.6) is 0 Å². The van der Waals surface area contributed by atoms with Crippen molar-refractivity contribution in [3.63, 3.8) is 0 Å². The van der Waals surface area contributed by atoms with E-state index in [4.69, 9.17) is 22.2 Å². The summed E-state index contributed by atoms with van der Waals surface area (Å²) in [4.78, 5) is 0. The maximum Gasteiger partial charge on any atom is 0.248 e. The third-order valence-corrected chi connectivity index (χ3v) is 4.35. The lowest BCUT2D eigenvalue weighted by Crippen LogP contribution is -2.11. The van der Waals surface area contributed by atoms with Crippen molar-refractivity contribution in [2.24, 2.45) is 5.92 Å². The van der Waals surface area contributed by atoms with Crippen LogP contribution in [0, 0.1) is 5.92 Å². The molecule has 0 saturated heterocycles. The molecule has 1 rings (SSSR count). The molecule has 3 heteroatoms. The van der Waals surface area contributed by atoms with Gasteiger partial charge in [0, 0.05) is 0 Å². The molecule has 1 aliphatic carbocycles. The minimum atomic E-state index is -1.83. The highest BCUT2D eigenvalue weighted by molar-refractivity contribution is 7.44. The quantitative estimate of drug-likeness (QED) is 0.496. The predicted octanol–water partition coefficient (Wildman–Crippen LogP) is 4.06. The van der Waals surface area contributed by atoms with Crippen molar-refractivity contribution >= 4 is 28.9 Å². The maximum absolute atomic E-state index is 5.99. The highest BCUT2D eigenvalue weighted by atomic mass is 35.7. The van der Waals surface area contributed by atoms with Crippen LogP contribution in [0.1, 0.15) is 12.8 Å². The van der Waals surface area contributed by atoms with Gasteiger partial charge < -0.3 is 0 Å². The summed E-state index contributed by atoms with van der Waals surface area (Å²) in [5, 5.41) is 0. The van der Waals surface area contributed by atoms with E-state index in [1.54, 1.807) is 0 Å². The van der Waals surface area contributed by atoms with E-state index < -0.39 is 6.69 Å². The van der Waals surface area contributed by atoms with Crippen LogP contribution in [0.15, 0.2) is 24.3 Å². The lowest BCUT2D eigenvalue weighted by atomic mass is 10.1. The first-order chi connectivity index (χ1) is 5.58. The molecule has 0 heterocycles. The van der Waals surface area contributed by atoms with Crippen LogP contribution in [0.25, 0.3) is 0 Å². The number of hydrogen-bond acceptors (Lipinski definition) is 0. The first-order valence-corrected chi connectivity index (χ1v) is 9.04. The first-order valence-electron chi connectivity index (χ1n) is 4.31. The largest absolute Gasteiger partial charge is 0.248 e. The van der Waals surface area contributed by atoms with Gasteiger partial charge in [-0.3, -0.25) is 0 Å². The molecule has 0 bridgehead atoms. The molecule has 68 valence electrons. The Morgan fingerprint density at radius 1 is 1.25 bits per heavy atom. The number of hydrogen-bond donors (Lipinski definition) is 0. The Morgan fingerprint density at radius 3 is 2.33 bits per heavy atom. The van der Waals surface area contributed by atoms with E-state index in [2.05, 4.69) is 24.3 Å². The van der Waals surface area contributed by atoms with Crippen molar-refractivity contribution in [3.8, 4) is 0 Å². The van der Waals surface area contributed by atoms with Crippen molar-refractivity contribution in [1.82, 2.24) is 0 Å². The lowest BCUT2D eigenvalue weighted by Gasteiger charge is -2.10. The third kappa shape index (κ3) is 4.34. The van der Waals surface area contributed by atoms with Gasteiger partial charge in [0.05, 0.1) is 0 Å². The monoisotopic (exact) mass is 220 g/mol. The average molecular weight is 221 g/mol. The van der Waals surface area contributed by atoms with Gasteiger partial charge in [-0.05, 0) is 24.9 Å². The SMILES string of the molecule is C[Si](Cl)(Cl)CCCC1C=CC=C1. The summed E-state index contributed by atoms with van der Waals surface area (Å²) >= 11 is 12.0. The number of allylic oxidation sites excluding steroid dienone is 4. The van der Waals surface area contributed by atoms with E-state index in [0.29, 0.717) is 5.92 Å². The van der Waals surface area contributed by atoms with Gasteiger partial charge in [-0.2, -0.15) is 0 Å². The Hall–Kier alpha value is 0.277. The van der Waals surface area contributed by atoms with E-state index >= 15 is 0 Å². The predicted molar refractivity (Wildman–Crippen MR) is 59.1 cm³/mol. The van der Waals surface area contributed by atoms with Crippen LogP contribution in [0.3, 0.4) is 0 Å². The highest BCUT2D eigenvalue weighted by Crippen LogP contribution is 2.25. The maximum atomic E-state index is 5.99. The second-order valence-electron chi connectivity index (χ2n) is 3.40. The van der Waals surface area contributed by atoms with E-state index in [-0.39, 0.29) is 0 Å². The number of rotatable bonds is 4. The van der Waals surface area contributed by atoms with Gasteiger partial charge in [0.1, 0.15) is 0 Å². The van der Waals surface area contributed by atoms with Gasteiger partial charge in [-0.15, -0.1) is 22.2 Å². The van der Waals surface area contributed by atoms with Crippen LogP contribution in [0.4, 0.5) is 0 Å². The zero-order valence-corrected chi connectivity index (χ0v) is 9.78. The van der Waals surface area contributed by atoms with Crippen molar-refractivity contribution < 1.29 is 0 Å². The van der Waals surface area contributed by atoms with Crippen LogP contribution < -0.4 is 0 Å². The normalized spacial score (nSPS) is 17.6. The molecule has 0 unspecified atom stereocenters. The van der Waals surface area contributed by atoms with E-state index in [1.807, 2.05) is 6.55 Å².